The number of nitrogens with zero attached hydrogens (tertiary/aromatic N) is 2. The second kappa shape index (κ2) is 7.18. The van der Waals surface area contributed by atoms with E-state index in [-0.39, 0.29) is 17.5 Å². The Hall–Kier alpha value is -2.14. The van der Waals surface area contributed by atoms with E-state index in [0.717, 1.165) is 29.7 Å². The molecule has 126 valence electrons. The van der Waals surface area contributed by atoms with Crippen molar-refractivity contribution < 1.29 is 4.79 Å². The number of nitrogens with one attached hydrogen (secondary N) is 1. The lowest BCUT2D eigenvalue weighted by molar-refractivity contribution is -0.121. The number of halogens is 1. The van der Waals surface area contributed by atoms with Crippen LogP contribution in [-0.4, -0.2) is 21.7 Å². The highest BCUT2D eigenvalue weighted by Crippen LogP contribution is 2.18. The predicted molar refractivity (Wildman–Crippen MR) is 93.2 cm³/mol. The molecule has 1 aromatic carbocycles. The van der Waals surface area contributed by atoms with Gasteiger partial charge < -0.3 is 5.32 Å². The van der Waals surface area contributed by atoms with Crippen LogP contribution in [0.2, 0.25) is 5.02 Å². The van der Waals surface area contributed by atoms with Gasteiger partial charge in [-0.25, -0.2) is 4.68 Å². The molecule has 2 aromatic rings. The van der Waals surface area contributed by atoms with Crippen molar-refractivity contribution in [1.29, 1.82) is 0 Å². The molecular weight excluding hydrogens is 326 g/mol. The van der Waals surface area contributed by atoms with Crippen LogP contribution in [0.5, 0.6) is 0 Å². The molecule has 0 spiro atoms. The zero-order chi connectivity index (χ0) is 17.1. The molecule has 1 N–H and O–H groups in total. The zero-order valence-corrected chi connectivity index (χ0v) is 14.3. The third-order valence-corrected chi connectivity index (χ3v) is 4.58. The smallest absolute Gasteiger partial charge is 0.266 e. The van der Waals surface area contributed by atoms with Crippen LogP contribution in [0.1, 0.15) is 29.7 Å². The number of benzene rings is 1. The first-order valence-electron chi connectivity index (χ1n) is 8.11. The average Bonchev–Trinajstić information content (AvgIpc) is 2.54. The molecule has 0 fully saturated rings. The van der Waals surface area contributed by atoms with Gasteiger partial charge in [0, 0.05) is 30.6 Å². The van der Waals surface area contributed by atoms with E-state index >= 15 is 0 Å². The fraction of sp³-hybridized carbons (Fsp3) is 0.389. The van der Waals surface area contributed by atoms with Crippen LogP contribution in [0.3, 0.4) is 0 Å². The number of carbonyl (C=O) groups excluding carboxylic acids is 1. The summed E-state index contributed by atoms with van der Waals surface area (Å²) in [7, 11) is 1.66. The van der Waals surface area contributed by atoms with Crippen LogP contribution >= 0.6 is 11.6 Å². The Morgan fingerprint density at radius 3 is 3.04 bits per heavy atom. The lowest BCUT2D eigenvalue weighted by Gasteiger charge is -2.24. The monoisotopic (exact) mass is 345 g/mol. The normalized spacial score (nSPS) is 16.5. The number of amides is 1. The molecular formula is C18H20ClN3O2. The van der Waals surface area contributed by atoms with Crippen LogP contribution in [-0.2, 0) is 31.1 Å². The van der Waals surface area contributed by atoms with Gasteiger partial charge in [0.1, 0.15) is 0 Å². The van der Waals surface area contributed by atoms with E-state index < -0.39 is 0 Å². The van der Waals surface area contributed by atoms with Crippen LogP contribution < -0.4 is 10.9 Å². The Morgan fingerprint density at radius 2 is 2.25 bits per heavy atom. The standard InChI is InChI=1S/C18H20ClN3O2/c1-22-18(24)11-13-10-15(6-7-16(13)21-22)20-17(23)8-5-12-3-2-4-14(19)9-12/h2-4,9,11,15H,5-8,10H2,1H3,(H,20,23)/t15-/m0/s1. The zero-order valence-electron chi connectivity index (χ0n) is 13.6. The molecule has 1 amide bonds. The van der Waals surface area contributed by atoms with Gasteiger partial charge in [0.2, 0.25) is 5.91 Å². The van der Waals surface area contributed by atoms with Crippen LogP contribution in [0, 0.1) is 0 Å². The highest BCUT2D eigenvalue weighted by Gasteiger charge is 2.22. The molecule has 1 heterocycles. The molecule has 1 aliphatic rings. The number of fused-ring (bicyclic) bond motifs is 1. The van der Waals surface area contributed by atoms with E-state index in [4.69, 9.17) is 11.6 Å². The summed E-state index contributed by atoms with van der Waals surface area (Å²) in [5, 5.41) is 8.05. The largest absolute Gasteiger partial charge is 0.353 e. The average molecular weight is 346 g/mol. The minimum Gasteiger partial charge on any atom is -0.353 e. The van der Waals surface area contributed by atoms with Gasteiger partial charge in [-0.15, -0.1) is 0 Å². The number of rotatable bonds is 4. The summed E-state index contributed by atoms with van der Waals surface area (Å²) in [5.41, 5.74) is 2.85. The molecule has 0 radical (unpaired) electrons. The molecule has 5 nitrogen and oxygen atoms in total. The SMILES string of the molecule is Cn1nc2c(cc1=O)C[C@@H](NC(=O)CCc1cccc(Cl)c1)CC2. The van der Waals surface area contributed by atoms with Gasteiger partial charge in [-0.05, 0) is 48.9 Å². The Balaban J connectivity index is 1.55. The van der Waals surface area contributed by atoms with Gasteiger partial charge >= 0.3 is 0 Å². The number of hydrogen-bond acceptors (Lipinski definition) is 3. The van der Waals surface area contributed by atoms with Crippen molar-refractivity contribution in [3.8, 4) is 0 Å². The maximum absolute atomic E-state index is 12.2. The first kappa shape index (κ1) is 16.7. The first-order chi connectivity index (χ1) is 11.5. The number of aryl methyl sites for hydroxylation is 3. The molecule has 1 aliphatic carbocycles. The second-order valence-corrected chi connectivity index (χ2v) is 6.65. The van der Waals surface area contributed by atoms with Crippen molar-refractivity contribution in [1.82, 2.24) is 15.1 Å². The Bertz CT molecular complexity index is 816. The molecule has 3 rings (SSSR count). The summed E-state index contributed by atoms with van der Waals surface area (Å²) in [6, 6.07) is 9.26. The van der Waals surface area contributed by atoms with Crippen molar-refractivity contribution in [3.63, 3.8) is 0 Å². The molecule has 1 aromatic heterocycles. The number of hydrogen-bond donors (Lipinski definition) is 1. The minimum absolute atomic E-state index is 0.0280. The fourth-order valence-electron chi connectivity index (χ4n) is 3.06. The van der Waals surface area contributed by atoms with Gasteiger partial charge in [-0.2, -0.15) is 5.10 Å². The van der Waals surface area contributed by atoms with Crippen molar-refractivity contribution in [2.45, 2.75) is 38.1 Å². The molecule has 0 unspecified atom stereocenters. The van der Waals surface area contributed by atoms with Crippen LogP contribution in [0.4, 0.5) is 0 Å². The third-order valence-electron chi connectivity index (χ3n) is 4.35. The maximum Gasteiger partial charge on any atom is 0.266 e. The van der Waals surface area contributed by atoms with Crippen molar-refractivity contribution >= 4 is 17.5 Å². The van der Waals surface area contributed by atoms with Crippen molar-refractivity contribution in [3.05, 3.63) is 62.5 Å². The molecule has 1 atom stereocenters. The van der Waals surface area contributed by atoms with Crippen molar-refractivity contribution in [2.75, 3.05) is 0 Å². The predicted octanol–water partition coefficient (Wildman–Crippen LogP) is 2.04. The second-order valence-electron chi connectivity index (χ2n) is 6.22. The van der Waals surface area contributed by atoms with Gasteiger partial charge in [0.05, 0.1) is 5.69 Å². The van der Waals surface area contributed by atoms with E-state index in [1.165, 1.54) is 4.68 Å². The molecule has 0 bridgehead atoms. The number of aromatic nitrogens is 2. The lowest BCUT2D eigenvalue weighted by atomic mass is 9.92. The Kier molecular flexibility index (Phi) is 5.00. The third kappa shape index (κ3) is 4.03. The summed E-state index contributed by atoms with van der Waals surface area (Å²) >= 11 is 5.95. The van der Waals surface area contributed by atoms with E-state index in [1.54, 1.807) is 13.1 Å². The van der Waals surface area contributed by atoms with Gasteiger partial charge in [-0.1, -0.05) is 23.7 Å². The summed E-state index contributed by atoms with van der Waals surface area (Å²) in [6.07, 6.45) is 3.39. The lowest BCUT2D eigenvalue weighted by Crippen LogP contribution is -2.40. The highest BCUT2D eigenvalue weighted by molar-refractivity contribution is 6.30. The van der Waals surface area contributed by atoms with E-state index in [2.05, 4.69) is 10.4 Å². The fourth-order valence-corrected chi connectivity index (χ4v) is 3.27. The highest BCUT2D eigenvalue weighted by atomic mass is 35.5. The first-order valence-corrected chi connectivity index (χ1v) is 8.49. The number of carbonyl (C=O) groups is 1. The van der Waals surface area contributed by atoms with Gasteiger partial charge in [0.25, 0.3) is 5.56 Å². The Morgan fingerprint density at radius 1 is 1.42 bits per heavy atom. The van der Waals surface area contributed by atoms with E-state index in [0.29, 0.717) is 24.3 Å². The molecule has 0 saturated heterocycles. The van der Waals surface area contributed by atoms with Crippen molar-refractivity contribution in [2.24, 2.45) is 7.05 Å². The van der Waals surface area contributed by atoms with E-state index in [9.17, 15) is 9.59 Å². The van der Waals surface area contributed by atoms with Gasteiger partial charge in [0.15, 0.2) is 0 Å². The Labute approximate surface area is 145 Å². The summed E-state index contributed by atoms with van der Waals surface area (Å²) < 4.78 is 1.36. The molecule has 24 heavy (non-hydrogen) atoms. The topological polar surface area (TPSA) is 64.0 Å². The van der Waals surface area contributed by atoms with Crippen LogP contribution in [0.15, 0.2) is 35.1 Å². The molecule has 0 aliphatic heterocycles. The quantitative estimate of drug-likeness (QED) is 0.922. The van der Waals surface area contributed by atoms with E-state index in [1.807, 2.05) is 24.3 Å². The van der Waals surface area contributed by atoms with Crippen LogP contribution in [0.25, 0.3) is 0 Å². The van der Waals surface area contributed by atoms with Gasteiger partial charge in [-0.3, -0.25) is 9.59 Å². The maximum atomic E-state index is 12.2. The summed E-state index contributed by atoms with van der Waals surface area (Å²) in [5.74, 6) is 0.0280. The molecule has 0 saturated carbocycles. The summed E-state index contributed by atoms with van der Waals surface area (Å²) in [4.78, 5) is 23.9. The molecule has 6 heteroatoms. The minimum atomic E-state index is -0.110. The summed E-state index contributed by atoms with van der Waals surface area (Å²) in [6.45, 7) is 0.